The molecule has 0 saturated carbocycles. The third-order valence-corrected chi connectivity index (χ3v) is 3.46. The van der Waals surface area contributed by atoms with Crippen molar-refractivity contribution in [3.8, 4) is 5.75 Å². The minimum absolute atomic E-state index is 0.0556. The molecule has 0 spiro atoms. The second-order valence-corrected chi connectivity index (χ2v) is 5.33. The van der Waals surface area contributed by atoms with Gasteiger partial charge in [0, 0.05) is 0 Å². The van der Waals surface area contributed by atoms with Gasteiger partial charge in [0.25, 0.3) is 5.91 Å². The first-order chi connectivity index (χ1) is 10.1. The SMILES string of the molecule is Cc1ccc([C@@H](C)NC(=O)COc2ccccc2Cl)cc1. The van der Waals surface area contributed by atoms with E-state index in [-0.39, 0.29) is 18.6 Å². The Morgan fingerprint density at radius 2 is 1.86 bits per heavy atom. The van der Waals surface area contributed by atoms with Crippen LogP contribution in [0.3, 0.4) is 0 Å². The normalized spacial score (nSPS) is 11.8. The zero-order valence-electron chi connectivity index (χ0n) is 12.1. The molecule has 0 aliphatic rings. The third-order valence-electron chi connectivity index (χ3n) is 3.15. The number of hydrogen-bond acceptors (Lipinski definition) is 2. The van der Waals surface area contributed by atoms with Gasteiger partial charge in [-0.25, -0.2) is 0 Å². The molecule has 0 radical (unpaired) electrons. The molecule has 2 aromatic rings. The molecular formula is C17H18ClNO2. The molecule has 0 unspecified atom stereocenters. The fourth-order valence-corrected chi connectivity index (χ4v) is 2.12. The number of rotatable bonds is 5. The molecule has 0 aromatic heterocycles. The number of amides is 1. The summed E-state index contributed by atoms with van der Waals surface area (Å²) in [6.45, 7) is 3.92. The molecule has 1 N–H and O–H groups in total. The van der Waals surface area contributed by atoms with Gasteiger partial charge in [0.2, 0.25) is 0 Å². The number of para-hydroxylation sites is 1. The van der Waals surface area contributed by atoms with E-state index in [2.05, 4.69) is 5.32 Å². The van der Waals surface area contributed by atoms with Crippen LogP contribution in [0.2, 0.25) is 5.02 Å². The molecule has 0 saturated heterocycles. The van der Waals surface area contributed by atoms with Crippen LogP contribution in [0.5, 0.6) is 5.75 Å². The number of hydrogen-bond donors (Lipinski definition) is 1. The summed E-state index contributed by atoms with van der Waals surface area (Å²) < 4.78 is 5.41. The molecule has 21 heavy (non-hydrogen) atoms. The van der Waals surface area contributed by atoms with Crippen LogP contribution in [0, 0.1) is 6.92 Å². The monoisotopic (exact) mass is 303 g/mol. The van der Waals surface area contributed by atoms with Crippen LogP contribution in [-0.2, 0) is 4.79 Å². The van der Waals surface area contributed by atoms with Crippen LogP contribution in [0.15, 0.2) is 48.5 Å². The summed E-state index contributed by atoms with van der Waals surface area (Å²) in [6.07, 6.45) is 0. The first kappa shape index (κ1) is 15.4. The highest BCUT2D eigenvalue weighted by Crippen LogP contribution is 2.22. The van der Waals surface area contributed by atoms with Gasteiger partial charge >= 0.3 is 0 Å². The third kappa shape index (κ3) is 4.50. The zero-order chi connectivity index (χ0) is 15.2. The minimum Gasteiger partial charge on any atom is -0.482 e. The highest BCUT2D eigenvalue weighted by molar-refractivity contribution is 6.32. The van der Waals surface area contributed by atoms with Gasteiger partial charge in [-0.1, -0.05) is 53.6 Å². The van der Waals surface area contributed by atoms with Crippen molar-refractivity contribution in [2.45, 2.75) is 19.9 Å². The lowest BCUT2D eigenvalue weighted by Crippen LogP contribution is -2.31. The zero-order valence-corrected chi connectivity index (χ0v) is 12.9. The van der Waals surface area contributed by atoms with Gasteiger partial charge in [-0.3, -0.25) is 4.79 Å². The molecule has 3 nitrogen and oxygen atoms in total. The molecular weight excluding hydrogens is 286 g/mol. The van der Waals surface area contributed by atoms with Crippen molar-refractivity contribution in [3.63, 3.8) is 0 Å². The van der Waals surface area contributed by atoms with Gasteiger partial charge < -0.3 is 10.1 Å². The van der Waals surface area contributed by atoms with Crippen LogP contribution < -0.4 is 10.1 Å². The van der Waals surface area contributed by atoms with Crippen molar-refractivity contribution < 1.29 is 9.53 Å². The van der Waals surface area contributed by atoms with Gasteiger partial charge in [-0.05, 0) is 31.5 Å². The Morgan fingerprint density at radius 3 is 2.52 bits per heavy atom. The summed E-state index contributed by atoms with van der Waals surface area (Å²) in [5, 5.41) is 3.40. The van der Waals surface area contributed by atoms with Gasteiger partial charge in [-0.15, -0.1) is 0 Å². The number of aryl methyl sites for hydroxylation is 1. The molecule has 0 aliphatic carbocycles. The molecule has 0 aliphatic heterocycles. The smallest absolute Gasteiger partial charge is 0.258 e. The van der Waals surface area contributed by atoms with Crippen molar-refractivity contribution >= 4 is 17.5 Å². The van der Waals surface area contributed by atoms with Crippen molar-refractivity contribution in [2.24, 2.45) is 0 Å². The van der Waals surface area contributed by atoms with E-state index in [1.165, 1.54) is 5.56 Å². The van der Waals surface area contributed by atoms with Crippen LogP contribution in [0.4, 0.5) is 0 Å². The maximum Gasteiger partial charge on any atom is 0.258 e. The second kappa shape index (κ2) is 7.14. The Morgan fingerprint density at radius 1 is 1.19 bits per heavy atom. The Bertz CT molecular complexity index is 610. The van der Waals surface area contributed by atoms with Crippen LogP contribution in [0.1, 0.15) is 24.1 Å². The van der Waals surface area contributed by atoms with Gasteiger partial charge in [0.05, 0.1) is 11.1 Å². The van der Waals surface area contributed by atoms with Gasteiger partial charge in [-0.2, -0.15) is 0 Å². The van der Waals surface area contributed by atoms with E-state index in [1.54, 1.807) is 12.1 Å². The molecule has 4 heteroatoms. The van der Waals surface area contributed by atoms with Crippen molar-refractivity contribution in [1.29, 1.82) is 0 Å². The van der Waals surface area contributed by atoms with E-state index >= 15 is 0 Å². The standard InChI is InChI=1S/C17H18ClNO2/c1-12-7-9-14(10-8-12)13(2)19-17(20)11-21-16-6-4-3-5-15(16)18/h3-10,13H,11H2,1-2H3,(H,19,20)/t13-/m1/s1. The average Bonchev–Trinajstić information content (AvgIpc) is 2.47. The van der Waals surface area contributed by atoms with Crippen molar-refractivity contribution in [2.75, 3.05) is 6.61 Å². The lowest BCUT2D eigenvalue weighted by Gasteiger charge is -2.15. The largest absolute Gasteiger partial charge is 0.482 e. The highest BCUT2D eigenvalue weighted by Gasteiger charge is 2.10. The summed E-state index contributed by atoms with van der Waals surface area (Å²) >= 11 is 5.97. The maximum atomic E-state index is 11.9. The number of nitrogens with one attached hydrogen (secondary N) is 1. The van der Waals surface area contributed by atoms with E-state index in [4.69, 9.17) is 16.3 Å². The van der Waals surface area contributed by atoms with Crippen LogP contribution in [-0.4, -0.2) is 12.5 Å². The molecule has 110 valence electrons. The Labute approximate surface area is 129 Å². The number of ether oxygens (including phenoxy) is 1. The predicted molar refractivity (Wildman–Crippen MR) is 84.7 cm³/mol. The number of carbonyl (C=O) groups is 1. The van der Waals surface area contributed by atoms with E-state index in [9.17, 15) is 4.79 Å². The lowest BCUT2D eigenvalue weighted by molar-refractivity contribution is -0.123. The number of carbonyl (C=O) groups excluding carboxylic acids is 1. The first-order valence-corrected chi connectivity index (χ1v) is 7.17. The molecule has 1 amide bonds. The van der Waals surface area contributed by atoms with E-state index in [1.807, 2.05) is 50.2 Å². The molecule has 0 heterocycles. The second-order valence-electron chi connectivity index (χ2n) is 4.92. The topological polar surface area (TPSA) is 38.3 Å². The number of benzene rings is 2. The van der Waals surface area contributed by atoms with Crippen LogP contribution >= 0.6 is 11.6 Å². The Kier molecular flexibility index (Phi) is 5.23. The lowest BCUT2D eigenvalue weighted by atomic mass is 10.1. The molecule has 0 fully saturated rings. The molecule has 2 rings (SSSR count). The van der Waals surface area contributed by atoms with E-state index < -0.39 is 0 Å². The summed E-state index contributed by atoms with van der Waals surface area (Å²) in [7, 11) is 0. The minimum atomic E-state index is -0.178. The molecule has 2 aromatic carbocycles. The molecule has 0 bridgehead atoms. The average molecular weight is 304 g/mol. The van der Waals surface area contributed by atoms with Crippen molar-refractivity contribution in [3.05, 3.63) is 64.7 Å². The predicted octanol–water partition coefficient (Wildman–Crippen LogP) is 3.90. The Balaban J connectivity index is 1.87. The van der Waals surface area contributed by atoms with Crippen molar-refractivity contribution in [1.82, 2.24) is 5.32 Å². The Hall–Kier alpha value is -2.00. The fraction of sp³-hybridized carbons (Fsp3) is 0.235. The summed E-state index contributed by atoms with van der Waals surface area (Å²) in [6, 6.07) is 15.1. The summed E-state index contributed by atoms with van der Waals surface area (Å²) in [5.41, 5.74) is 2.26. The highest BCUT2D eigenvalue weighted by atomic mass is 35.5. The number of halogens is 1. The van der Waals surface area contributed by atoms with E-state index in [0.717, 1.165) is 5.56 Å². The summed E-state index contributed by atoms with van der Waals surface area (Å²) in [4.78, 5) is 11.9. The summed E-state index contributed by atoms with van der Waals surface area (Å²) in [5.74, 6) is 0.334. The van der Waals surface area contributed by atoms with Gasteiger partial charge in [0.1, 0.15) is 5.75 Å². The first-order valence-electron chi connectivity index (χ1n) is 6.79. The van der Waals surface area contributed by atoms with Crippen LogP contribution in [0.25, 0.3) is 0 Å². The molecule has 1 atom stereocenters. The van der Waals surface area contributed by atoms with E-state index in [0.29, 0.717) is 10.8 Å². The maximum absolute atomic E-state index is 11.9. The quantitative estimate of drug-likeness (QED) is 0.909. The van der Waals surface area contributed by atoms with Gasteiger partial charge in [0.15, 0.2) is 6.61 Å². The fourth-order valence-electron chi connectivity index (χ4n) is 1.93.